The average molecular weight is 575 g/mol. The number of hydrogen-bond donors (Lipinski definition) is 0. The molecule has 0 aliphatic heterocycles. The van der Waals surface area contributed by atoms with Gasteiger partial charge in [0.2, 0.25) is 0 Å². The van der Waals surface area contributed by atoms with Crippen molar-refractivity contribution in [2.75, 3.05) is 0 Å². The van der Waals surface area contributed by atoms with Crippen LogP contribution in [0.1, 0.15) is 0 Å². The zero-order valence-electron chi connectivity index (χ0n) is 24.3. The maximum Gasteiger partial charge on any atom is 0.143 e. The average Bonchev–Trinajstić information content (AvgIpc) is 3.50. The first-order chi connectivity index (χ1) is 22.3. The number of nitrogens with zero attached hydrogens (tertiary/aromatic N) is 2. The van der Waals surface area contributed by atoms with Gasteiger partial charge in [-0.15, -0.1) is 0 Å². The first-order valence-electron chi connectivity index (χ1n) is 15.2. The number of para-hydroxylation sites is 2. The van der Waals surface area contributed by atoms with Crippen LogP contribution in [0.15, 0.2) is 162 Å². The van der Waals surface area contributed by atoms with E-state index in [1.54, 1.807) is 0 Å². The second kappa shape index (κ2) is 10.3. The molecule has 0 amide bonds. The lowest BCUT2D eigenvalue weighted by Gasteiger charge is -2.11. The molecule has 0 fully saturated rings. The number of fused-ring (bicyclic) bond motifs is 6. The molecule has 9 rings (SSSR count). The second-order valence-electron chi connectivity index (χ2n) is 11.4. The fourth-order valence-corrected chi connectivity index (χ4v) is 6.46. The van der Waals surface area contributed by atoms with E-state index >= 15 is 0 Å². The Balaban J connectivity index is 1.24. The van der Waals surface area contributed by atoms with Crippen molar-refractivity contribution in [1.29, 1.82) is 0 Å². The highest BCUT2D eigenvalue weighted by atomic mass is 16.3. The SMILES string of the molecule is c1ccc(-c2ccc(-c3nc4ccccc4nc3-c3ccc4c(c3)oc3c5ccccc5c(-c5ccccc5)cc43)cc2)cc1. The predicted molar refractivity (Wildman–Crippen MR) is 186 cm³/mol. The molecule has 3 heteroatoms. The van der Waals surface area contributed by atoms with E-state index in [4.69, 9.17) is 14.4 Å². The number of hydrogen-bond acceptors (Lipinski definition) is 3. The molecule has 45 heavy (non-hydrogen) atoms. The minimum atomic E-state index is 0.832. The third-order valence-corrected chi connectivity index (χ3v) is 8.67. The summed E-state index contributed by atoms with van der Waals surface area (Å²) >= 11 is 0. The van der Waals surface area contributed by atoms with Crippen molar-refractivity contribution in [1.82, 2.24) is 9.97 Å². The summed E-state index contributed by atoms with van der Waals surface area (Å²) in [6.07, 6.45) is 0. The molecular formula is C42H26N2O. The number of furan rings is 1. The minimum Gasteiger partial charge on any atom is -0.455 e. The van der Waals surface area contributed by atoms with Gasteiger partial charge in [-0.3, -0.25) is 0 Å². The molecule has 0 saturated heterocycles. The Kier molecular flexibility index (Phi) is 5.82. The summed E-state index contributed by atoms with van der Waals surface area (Å²) in [5.74, 6) is 0. The van der Waals surface area contributed by atoms with Crippen LogP contribution in [0.2, 0.25) is 0 Å². The largest absolute Gasteiger partial charge is 0.455 e. The Morgan fingerprint density at radius 3 is 1.60 bits per heavy atom. The van der Waals surface area contributed by atoms with E-state index in [9.17, 15) is 0 Å². The van der Waals surface area contributed by atoms with Gasteiger partial charge in [0.25, 0.3) is 0 Å². The van der Waals surface area contributed by atoms with Crippen molar-refractivity contribution < 1.29 is 4.42 Å². The quantitative estimate of drug-likeness (QED) is 0.210. The molecule has 0 N–H and O–H groups in total. The monoisotopic (exact) mass is 574 g/mol. The summed E-state index contributed by atoms with van der Waals surface area (Å²) in [7, 11) is 0. The minimum absolute atomic E-state index is 0.832. The van der Waals surface area contributed by atoms with Crippen LogP contribution in [-0.2, 0) is 0 Å². The molecular weight excluding hydrogens is 548 g/mol. The van der Waals surface area contributed by atoms with Crippen molar-refractivity contribution in [2.45, 2.75) is 0 Å². The standard InChI is InChI=1S/C42H26N2O/c1-3-11-27(12-4-1)28-19-21-30(22-20-28)40-41(44-38-18-10-9-17-37(38)43-40)31-23-24-33-36-26-35(29-13-5-2-6-14-29)32-15-7-8-16-34(32)42(36)45-39(33)25-31/h1-26H. The van der Waals surface area contributed by atoms with Gasteiger partial charge in [0.05, 0.1) is 22.4 Å². The Labute approximate surface area is 260 Å². The number of rotatable bonds is 4. The highest BCUT2D eigenvalue weighted by Crippen LogP contribution is 2.41. The van der Waals surface area contributed by atoms with Gasteiger partial charge in [-0.2, -0.15) is 0 Å². The molecule has 2 heterocycles. The van der Waals surface area contributed by atoms with Gasteiger partial charge < -0.3 is 4.42 Å². The van der Waals surface area contributed by atoms with E-state index in [1.807, 2.05) is 30.3 Å². The zero-order valence-corrected chi connectivity index (χ0v) is 24.3. The topological polar surface area (TPSA) is 38.9 Å². The van der Waals surface area contributed by atoms with Gasteiger partial charge in [-0.25, -0.2) is 9.97 Å². The van der Waals surface area contributed by atoms with E-state index in [2.05, 4.69) is 127 Å². The van der Waals surface area contributed by atoms with Gasteiger partial charge in [0.15, 0.2) is 0 Å². The lowest BCUT2D eigenvalue weighted by molar-refractivity contribution is 0.673. The van der Waals surface area contributed by atoms with E-state index in [1.165, 1.54) is 27.6 Å². The molecule has 3 nitrogen and oxygen atoms in total. The van der Waals surface area contributed by atoms with Crippen LogP contribution in [0.3, 0.4) is 0 Å². The lowest BCUT2D eigenvalue weighted by atomic mass is 9.95. The fourth-order valence-electron chi connectivity index (χ4n) is 6.46. The highest BCUT2D eigenvalue weighted by Gasteiger charge is 2.18. The first-order valence-corrected chi connectivity index (χ1v) is 15.2. The summed E-state index contributed by atoms with van der Waals surface area (Å²) in [6.45, 7) is 0. The third-order valence-electron chi connectivity index (χ3n) is 8.67. The van der Waals surface area contributed by atoms with Crippen molar-refractivity contribution in [3.63, 3.8) is 0 Å². The molecule has 0 atom stereocenters. The van der Waals surface area contributed by atoms with Crippen LogP contribution in [-0.4, -0.2) is 9.97 Å². The molecule has 0 aliphatic carbocycles. The third kappa shape index (κ3) is 4.29. The molecule has 0 radical (unpaired) electrons. The van der Waals surface area contributed by atoms with Crippen molar-refractivity contribution in [3.8, 4) is 44.8 Å². The van der Waals surface area contributed by atoms with Crippen molar-refractivity contribution in [3.05, 3.63) is 158 Å². The molecule has 2 aromatic heterocycles. The summed E-state index contributed by atoms with van der Waals surface area (Å²) in [6, 6.07) is 54.8. The molecule has 0 aliphatic rings. The van der Waals surface area contributed by atoms with E-state index in [-0.39, 0.29) is 0 Å². The summed E-state index contributed by atoms with van der Waals surface area (Å²) in [5.41, 5.74) is 11.9. The summed E-state index contributed by atoms with van der Waals surface area (Å²) in [5, 5.41) is 4.48. The Morgan fingerprint density at radius 2 is 0.889 bits per heavy atom. The molecule has 0 bridgehead atoms. The van der Waals surface area contributed by atoms with Crippen LogP contribution in [0.4, 0.5) is 0 Å². The van der Waals surface area contributed by atoms with Crippen LogP contribution >= 0.6 is 0 Å². The van der Waals surface area contributed by atoms with Gasteiger partial charge in [-0.1, -0.05) is 127 Å². The summed E-state index contributed by atoms with van der Waals surface area (Å²) in [4.78, 5) is 10.3. The van der Waals surface area contributed by atoms with Gasteiger partial charge >= 0.3 is 0 Å². The van der Waals surface area contributed by atoms with Gasteiger partial charge in [-0.05, 0) is 58.0 Å². The maximum absolute atomic E-state index is 6.67. The smallest absolute Gasteiger partial charge is 0.143 e. The zero-order chi connectivity index (χ0) is 29.7. The number of aromatic nitrogens is 2. The van der Waals surface area contributed by atoms with Crippen LogP contribution in [0.25, 0.3) is 88.5 Å². The molecule has 7 aromatic carbocycles. The highest BCUT2D eigenvalue weighted by molar-refractivity contribution is 6.19. The van der Waals surface area contributed by atoms with Crippen molar-refractivity contribution in [2.24, 2.45) is 0 Å². The van der Waals surface area contributed by atoms with Crippen LogP contribution in [0.5, 0.6) is 0 Å². The Morgan fingerprint density at radius 1 is 0.356 bits per heavy atom. The maximum atomic E-state index is 6.67. The van der Waals surface area contributed by atoms with Crippen molar-refractivity contribution >= 4 is 43.7 Å². The first kappa shape index (κ1) is 25.4. The molecule has 0 unspecified atom stereocenters. The van der Waals surface area contributed by atoms with E-state index < -0.39 is 0 Å². The summed E-state index contributed by atoms with van der Waals surface area (Å²) < 4.78 is 6.67. The lowest BCUT2D eigenvalue weighted by Crippen LogP contribution is -1.95. The van der Waals surface area contributed by atoms with Gasteiger partial charge in [0.1, 0.15) is 11.2 Å². The molecule has 0 spiro atoms. The number of benzene rings is 7. The predicted octanol–water partition coefficient (Wildman–Crippen LogP) is 11.4. The second-order valence-corrected chi connectivity index (χ2v) is 11.4. The van der Waals surface area contributed by atoms with E-state index in [0.29, 0.717) is 0 Å². The Hall–Kier alpha value is -6.06. The normalized spacial score (nSPS) is 11.6. The Bertz CT molecular complexity index is 2510. The molecule has 210 valence electrons. The molecule has 0 saturated carbocycles. The van der Waals surface area contributed by atoms with E-state index in [0.717, 1.165) is 60.9 Å². The molecule has 9 aromatic rings. The van der Waals surface area contributed by atoms with Crippen LogP contribution in [0, 0.1) is 0 Å². The fraction of sp³-hybridized carbons (Fsp3) is 0. The van der Waals surface area contributed by atoms with Gasteiger partial charge in [0, 0.05) is 27.3 Å². The van der Waals surface area contributed by atoms with Crippen LogP contribution < -0.4 is 0 Å².